The Hall–Kier alpha value is -1.72. The molecule has 0 radical (unpaired) electrons. The minimum atomic E-state index is -0.420. The van der Waals surface area contributed by atoms with Gasteiger partial charge in [-0.1, -0.05) is 30.0 Å². The fourth-order valence-corrected chi connectivity index (χ4v) is 3.70. The number of fused-ring (bicyclic) bond motifs is 1. The van der Waals surface area contributed by atoms with Crippen molar-refractivity contribution in [1.29, 1.82) is 0 Å². The summed E-state index contributed by atoms with van der Waals surface area (Å²) < 4.78 is 0. The topological polar surface area (TPSA) is 58.9 Å². The number of benzene rings is 1. The molecule has 1 amide bonds. The number of amides is 1. The third kappa shape index (κ3) is 1.91. The van der Waals surface area contributed by atoms with Gasteiger partial charge in [0.2, 0.25) is 0 Å². The van der Waals surface area contributed by atoms with E-state index in [-0.39, 0.29) is 0 Å². The number of aromatic nitrogens is 1. The molecule has 0 aliphatic carbocycles. The first-order chi connectivity index (χ1) is 8.75. The van der Waals surface area contributed by atoms with Crippen LogP contribution < -0.4 is 5.73 Å². The van der Waals surface area contributed by atoms with Crippen molar-refractivity contribution in [2.24, 2.45) is 5.73 Å². The number of aromatic amines is 1. The van der Waals surface area contributed by atoms with Crippen molar-refractivity contribution < 1.29 is 4.79 Å². The predicted octanol–water partition coefficient (Wildman–Crippen LogP) is 3.48. The molecule has 0 aliphatic rings. The Kier molecular flexibility index (Phi) is 2.85. The van der Waals surface area contributed by atoms with Gasteiger partial charge in [0, 0.05) is 10.3 Å². The lowest BCUT2D eigenvalue weighted by molar-refractivity contribution is 0.0993. The van der Waals surface area contributed by atoms with Crippen molar-refractivity contribution in [3.63, 3.8) is 0 Å². The van der Waals surface area contributed by atoms with Gasteiger partial charge in [0.25, 0.3) is 5.91 Å². The summed E-state index contributed by atoms with van der Waals surface area (Å²) in [6, 6.07) is 12.0. The fraction of sp³-hybridized carbons (Fsp3) is 0. The molecule has 0 aliphatic heterocycles. The largest absolute Gasteiger partial charge is 0.364 e. The summed E-state index contributed by atoms with van der Waals surface area (Å²) in [5.41, 5.74) is 5.90. The van der Waals surface area contributed by atoms with Crippen LogP contribution in [0.3, 0.4) is 0 Å². The highest BCUT2D eigenvalue weighted by atomic mass is 32.2. The van der Waals surface area contributed by atoms with E-state index in [2.05, 4.69) is 4.98 Å². The molecule has 3 nitrogen and oxygen atoms in total. The van der Waals surface area contributed by atoms with Crippen molar-refractivity contribution in [2.75, 3.05) is 0 Å². The van der Waals surface area contributed by atoms with E-state index >= 15 is 0 Å². The van der Waals surface area contributed by atoms with E-state index in [1.54, 1.807) is 23.1 Å². The minimum absolute atomic E-state index is 0.420. The molecule has 0 atom stereocenters. The number of carbonyl (C=O) groups excluding carboxylic acids is 1. The van der Waals surface area contributed by atoms with Crippen LogP contribution in [0.15, 0.2) is 51.6 Å². The Morgan fingerprint density at radius 3 is 2.72 bits per heavy atom. The summed E-state index contributed by atoms with van der Waals surface area (Å²) in [5.74, 6) is -0.420. The number of carbonyl (C=O) groups is 1. The average Bonchev–Trinajstić information content (AvgIpc) is 2.93. The van der Waals surface area contributed by atoms with Gasteiger partial charge in [0.05, 0.1) is 4.90 Å². The number of hydrogen-bond acceptors (Lipinski definition) is 3. The number of rotatable bonds is 3. The highest BCUT2D eigenvalue weighted by Gasteiger charge is 2.17. The maximum Gasteiger partial charge on any atom is 0.266 e. The highest BCUT2D eigenvalue weighted by Crippen LogP contribution is 2.38. The van der Waals surface area contributed by atoms with Gasteiger partial charge in [0.15, 0.2) is 0 Å². The Balaban J connectivity index is 2.11. The van der Waals surface area contributed by atoms with Crippen molar-refractivity contribution in [3.05, 3.63) is 47.5 Å². The predicted molar refractivity (Wildman–Crippen MR) is 75.3 cm³/mol. The van der Waals surface area contributed by atoms with E-state index in [0.717, 1.165) is 20.0 Å². The first-order valence-electron chi connectivity index (χ1n) is 5.37. The maximum atomic E-state index is 11.5. The highest BCUT2D eigenvalue weighted by molar-refractivity contribution is 7.99. The van der Waals surface area contributed by atoms with Crippen LogP contribution in [0.5, 0.6) is 0 Å². The van der Waals surface area contributed by atoms with Gasteiger partial charge >= 0.3 is 0 Å². The molecule has 0 saturated heterocycles. The fourth-order valence-electron chi connectivity index (χ4n) is 1.78. The molecule has 5 heteroatoms. The zero-order valence-corrected chi connectivity index (χ0v) is 11.0. The van der Waals surface area contributed by atoms with Crippen molar-refractivity contribution >= 4 is 39.2 Å². The van der Waals surface area contributed by atoms with Gasteiger partial charge < -0.3 is 10.7 Å². The average molecular weight is 274 g/mol. The zero-order chi connectivity index (χ0) is 12.5. The van der Waals surface area contributed by atoms with Crippen LogP contribution in [-0.2, 0) is 0 Å². The molecule has 0 fully saturated rings. The minimum Gasteiger partial charge on any atom is -0.364 e. The van der Waals surface area contributed by atoms with Crippen LogP contribution in [-0.4, -0.2) is 10.9 Å². The standard InChI is InChI=1S/C13H10N2OS2/c14-12(16)10-11(9-6-7-17-13(9)15-10)18-8-4-2-1-3-5-8/h1-7,15H,(H2,14,16). The van der Waals surface area contributed by atoms with Gasteiger partial charge in [-0.2, -0.15) is 0 Å². The second-order valence-corrected chi connectivity index (χ2v) is 5.77. The van der Waals surface area contributed by atoms with Gasteiger partial charge in [-0.15, -0.1) is 11.3 Å². The molecular formula is C13H10N2OS2. The summed E-state index contributed by atoms with van der Waals surface area (Å²) in [6.45, 7) is 0. The molecule has 2 aromatic heterocycles. The summed E-state index contributed by atoms with van der Waals surface area (Å²) >= 11 is 3.13. The summed E-state index contributed by atoms with van der Waals surface area (Å²) in [7, 11) is 0. The van der Waals surface area contributed by atoms with Crippen LogP contribution in [0.25, 0.3) is 10.2 Å². The van der Waals surface area contributed by atoms with Crippen molar-refractivity contribution in [2.45, 2.75) is 9.79 Å². The van der Waals surface area contributed by atoms with Crippen LogP contribution in [0.4, 0.5) is 0 Å². The molecule has 0 saturated carbocycles. The molecule has 18 heavy (non-hydrogen) atoms. The Bertz CT molecular complexity index is 700. The zero-order valence-electron chi connectivity index (χ0n) is 9.34. The first kappa shape index (κ1) is 11.4. The molecule has 3 aromatic rings. The molecular weight excluding hydrogens is 264 g/mol. The molecule has 1 aromatic carbocycles. The smallest absolute Gasteiger partial charge is 0.266 e. The van der Waals surface area contributed by atoms with Crippen LogP contribution in [0.1, 0.15) is 10.5 Å². The number of thiophene rings is 1. The lowest BCUT2D eigenvalue weighted by atomic mass is 10.3. The lowest BCUT2D eigenvalue weighted by Gasteiger charge is -2.01. The van der Waals surface area contributed by atoms with Gasteiger partial charge in [-0.05, 0) is 23.6 Å². The second-order valence-electron chi connectivity index (χ2n) is 3.77. The Labute approximate surface area is 112 Å². The third-order valence-corrected chi connectivity index (χ3v) is 4.55. The number of nitrogens with one attached hydrogen (secondary N) is 1. The number of primary amides is 1. The van der Waals surface area contributed by atoms with Crippen LogP contribution >= 0.6 is 23.1 Å². The molecule has 90 valence electrons. The summed E-state index contributed by atoms with van der Waals surface area (Å²) in [5, 5.41) is 3.06. The van der Waals surface area contributed by atoms with Crippen molar-refractivity contribution in [1.82, 2.24) is 4.98 Å². The van der Waals surface area contributed by atoms with E-state index in [4.69, 9.17) is 5.73 Å². The van der Waals surface area contributed by atoms with E-state index < -0.39 is 5.91 Å². The molecule has 3 rings (SSSR count). The SMILES string of the molecule is NC(=O)c1[nH]c2sccc2c1Sc1ccccc1. The molecule has 3 N–H and O–H groups in total. The molecule has 2 heterocycles. The van der Waals surface area contributed by atoms with Crippen molar-refractivity contribution in [3.8, 4) is 0 Å². The molecule has 0 unspecified atom stereocenters. The lowest BCUT2D eigenvalue weighted by Crippen LogP contribution is -2.12. The third-order valence-electron chi connectivity index (χ3n) is 2.58. The quantitative estimate of drug-likeness (QED) is 0.768. The normalized spacial score (nSPS) is 10.9. The maximum absolute atomic E-state index is 11.5. The first-order valence-corrected chi connectivity index (χ1v) is 7.07. The number of hydrogen-bond donors (Lipinski definition) is 2. The van der Waals surface area contributed by atoms with E-state index in [1.807, 2.05) is 41.8 Å². The van der Waals surface area contributed by atoms with Crippen LogP contribution in [0, 0.1) is 0 Å². The molecule has 0 spiro atoms. The van der Waals surface area contributed by atoms with Gasteiger partial charge in [-0.25, -0.2) is 0 Å². The monoisotopic (exact) mass is 274 g/mol. The number of H-pyrrole nitrogens is 1. The van der Waals surface area contributed by atoms with Crippen LogP contribution in [0.2, 0.25) is 0 Å². The molecule has 0 bridgehead atoms. The Morgan fingerprint density at radius 2 is 2.00 bits per heavy atom. The number of nitrogens with two attached hydrogens (primary N) is 1. The second kappa shape index (κ2) is 4.51. The summed E-state index contributed by atoms with van der Waals surface area (Å²) in [6.07, 6.45) is 0. The van der Waals surface area contributed by atoms with E-state index in [1.165, 1.54) is 0 Å². The van der Waals surface area contributed by atoms with Gasteiger partial charge in [-0.3, -0.25) is 4.79 Å². The van der Waals surface area contributed by atoms with E-state index in [0.29, 0.717) is 5.69 Å². The van der Waals surface area contributed by atoms with Gasteiger partial charge in [0.1, 0.15) is 10.5 Å². The summed E-state index contributed by atoms with van der Waals surface area (Å²) in [4.78, 5) is 17.5. The Morgan fingerprint density at radius 1 is 1.22 bits per heavy atom. The van der Waals surface area contributed by atoms with E-state index in [9.17, 15) is 4.79 Å².